The Morgan fingerprint density at radius 3 is 2.76 bits per heavy atom. The van der Waals surface area contributed by atoms with Crippen LogP contribution in [0.3, 0.4) is 0 Å². The van der Waals surface area contributed by atoms with Crippen molar-refractivity contribution in [3.05, 3.63) is 53.2 Å². The third-order valence-corrected chi connectivity index (χ3v) is 3.67. The molecule has 0 spiro atoms. The van der Waals surface area contributed by atoms with Crippen molar-refractivity contribution in [1.82, 2.24) is 15.0 Å². The van der Waals surface area contributed by atoms with Crippen LogP contribution in [0.2, 0.25) is 0 Å². The molecular formula is C17H15F3N4O. The first-order valence-electron chi connectivity index (χ1n) is 7.47. The summed E-state index contributed by atoms with van der Waals surface area (Å²) in [7, 11) is 1.49. The second kappa shape index (κ2) is 6.92. The monoisotopic (exact) mass is 348 g/mol. The number of hydrogen-bond donors (Lipinski definition) is 1. The fraction of sp³-hybridized carbons (Fsp3) is 0.235. The number of nitrogens with one attached hydrogen (secondary N) is 1. The van der Waals surface area contributed by atoms with E-state index in [0.29, 0.717) is 28.4 Å². The summed E-state index contributed by atoms with van der Waals surface area (Å²) in [5.74, 6) is 0.419. The van der Waals surface area contributed by atoms with Gasteiger partial charge in [-0.1, -0.05) is 18.2 Å². The zero-order chi connectivity index (χ0) is 18.0. The fourth-order valence-corrected chi connectivity index (χ4v) is 2.46. The minimum absolute atomic E-state index is 0.00256. The molecule has 25 heavy (non-hydrogen) atoms. The summed E-state index contributed by atoms with van der Waals surface area (Å²) < 4.78 is 44.9. The van der Waals surface area contributed by atoms with Crippen molar-refractivity contribution in [2.45, 2.75) is 19.9 Å². The van der Waals surface area contributed by atoms with Crippen molar-refractivity contribution in [2.75, 3.05) is 12.4 Å². The van der Waals surface area contributed by atoms with Crippen LogP contribution in [-0.2, 0) is 6.54 Å². The van der Waals surface area contributed by atoms with Crippen LogP contribution < -0.4 is 10.1 Å². The summed E-state index contributed by atoms with van der Waals surface area (Å²) in [6, 6.07) is 5.58. The molecule has 2 aromatic heterocycles. The molecule has 0 radical (unpaired) electrons. The van der Waals surface area contributed by atoms with E-state index in [2.05, 4.69) is 20.3 Å². The molecule has 2 heterocycles. The summed E-state index contributed by atoms with van der Waals surface area (Å²) in [5.41, 5.74) is 0.106. The van der Waals surface area contributed by atoms with Crippen LogP contribution in [0.15, 0.2) is 30.5 Å². The van der Waals surface area contributed by atoms with Crippen LogP contribution in [0.25, 0.3) is 10.9 Å². The molecule has 0 unspecified atom stereocenters. The third-order valence-electron chi connectivity index (χ3n) is 3.67. The fourth-order valence-electron chi connectivity index (χ4n) is 2.46. The predicted octanol–water partition coefficient (Wildman–Crippen LogP) is 4.03. The molecule has 0 fully saturated rings. The number of aromatic nitrogens is 3. The molecule has 130 valence electrons. The summed E-state index contributed by atoms with van der Waals surface area (Å²) in [5, 5.41) is 3.63. The quantitative estimate of drug-likeness (QED) is 0.754. The Labute approximate surface area is 141 Å². The van der Waals surface area contributed by atoms with Gasteiger partial charge in [-0.15, -0.1) is 0 Å². The molecule has 0 bridgehead atoms. The average molecular weight is 348 g/mol. The van der Waals surface area contributed by atoms with Crippen molar-refractivity contribution in [1.29, 1.82) is 0 Å². The van der Waals surface area contributed by atoms with E-state index in [9.17, 15) is 13.2 Å². The van der Waals surface area contributed by atoms with Crippen LogP contribution >= 0.6 is 0 Å². The maximum atomic E-state index is 14.2. The Kier molecular flexibility index (Phi) is 4.69. The molecule has 0 amide bonds. The van der Waals surface area contributed by atoms with Crippen LogP contribution in [0.5, 0.6) is 5.88 Å². The number of nitrogens with zero attached hydrogens (tertiary/aromatic N) is 3. The number of methoxy groups -OCH3 is 1. The van der Waals surface area contributed by atoms with Crippen molar-refractivity contribution in [2.24, 2.45) is 0 Å². The van der Waals surface area contributed by atoms with E-state index in [1.54, 1.807) is 19.2 Å². The van der Waals surface area contributed by atoms with E-state index in [-0.39, 0.29) is 12.1 Å². The molecule has 1 N–H and O–H groups in total. The number of halogens is 3. The Hall–Kier alpha value is -2.90. The van der Waals surface area contributed by atoms with Gasteiger partial charge in [-0.05, 0) is 6.92 Å². The molecule has 8 heteroatoms. The van der Waals surface area contributed by atoms with Gasteiger partial charge in [0.05, 0.1) is 24.4 Å². The summed E-state index contributed by atoms with van der Waals surface area (Å²) in [4.78, 5) is 12.7. The van der Waals surface area contributed by atoms with Gasteiger partial charge in [-0.25, -0.2) is 28.1 Å². The van der Waals surface area contributed by atoms with Crippen LogP contribution in [0, 0.1) is 12.7 Å². The maximum absolute atomic E-state index is 14.2. The zero-order valence-electron chi connectivity index (χ0n) is 13.6. The van der Waals surface area contributed by atoms with Gasteiger partial charge in [-0.3, -0.25) is 0 Å². The molecule has 0 atom stereocenters. The highest BCUT2D eigenvalue weighted by atomic mass is 19.3. The van der Waals surface area contributed by atoms with E-state index in [1.165, 1.54) is 19.2 Å². The largest absolute Gasteiger partial charge is 0.481 e. The molecule has 0 aliphatic carbocycles. The molecule has 0 aliphatic heterocycles. The standard InChI is InChI=1S/C17H15F3N4O/c1-9-23-13-8-21-14(25-2)6-12(13)17(24-9)22-7-10-4-3-5-11(15(10)18)16(19)20/h3-6,8,16H,7H2,1-2H3,(H,22,23,24). The Morgan fingerprint density at radius 2 is 2.04 bits per heavy atom. The topological polar surface area (TPSA) is 59.9 Å². The van der Waals surface area contributed by atoms with Gasteiger partial charge >= 0.3 is 0 Å². The van der Waals surface area contributed by atoms with Crippen molar-refractivity contribution in [3.63, 3.8) is 0 Å². The number of pyridine rings is 1. The normalized spacial score (nSPS) is 11.1. The molecule has 0 aliphatic rings. The van der Waals surface area contributed by atoms with Crippen LogP contribution in [-0.4, -0.2) is 22.1 Å². The molecule has 0 saturated carbocycles. The Balaban J connectivity index is 1.95. The Morgan fingerprint density at radius 1 is 1.24 bits per heavy atom. The maximum Gasteiger partial charge on any atom is 0.266 e. The molecule has 5 nitrogen and oxygen atoms in total. The minimum Gasteiger partial charge on any atom is -0.481 e. The van der Waals surface area contributed by atoms with E-state index in [0.717, 1.165) is 6.07 Å². The van der Waals surface area contributed by atoms with Crippen molar-refractivity contribution < 1.29 is 17.9 Å². The summed E-state index contributed by atoms with van der Waals surface area (Å²) >= 11 is 0. The summed E-state index contributed by atoms with van der Waals surface area (Å²) in [6.07, 6.45) is -1.32. The lowest BCUT2D eigenvalue weighted by molar-refractivity contribution is 0.146. The first-order chi connectivity index (χ1) is 12.0. The number of aryl methyl sites for hydroxylation is 1. The predicted molar refractivity (Wildman–Crippen MR) is 87.3 cm³/mol. The van der Waals surface area contributed by atoms with E-state index in [1.807, 2.05) is 0 Å². The highest BCUT2D eigenvalue weighted by molar-refractivity contribution is 5.89. The molecule has 1 aromatic carbocycles. The first-order valence-corrected chi connectivity index (χ1v) is 7.47. The van der Waals surface area contributed by atoms with Gasteiger partial charge in [0.25, 0.3) is 6.43 Å². The lowest BCUT2D eigenvalue weighted by atomic mass is 10.1. The zero-order valence-corrected chi connectivity index (χ0v) is 13.6. The van der Waals surface area contributed by atoms with E-state index in [4.69, 9.17) is 4.74 Å². The van der Waals surface area contributed by atoms with Gasteiger partial charge in [0.15, 0.2) is 0 Å². The third kappa shape index (κ3) is 3.47. The van der Waals surface area contributed by atoms with Gasteiger partial charge in [0.1, 0.15) is 17.5 Å². The van der Waals surface area contributed by atoms with Crippen LogP contribution in [0.4, 0.5) is 19.0 Å². The van der Waals surface area contributed by atoms with E-state index >= 15 is 0 Å². The SMILES string of the molecule is COc1cc2c(NCc3cccc(C(F)F)c3F)nc(C)nc2cn1. The number of alkyl halides is 2. The smallest absolute Gasteiger partial charge is 0.266 e. The number of hydrogen-bond acceptors (Lipinski definition) is 5. The second-order valence-corrected chi connectivity index (χ2v) is 5.34. The first kappa shape index (κ1) is 16.9. The number of ether oxygens (including phenoxy) is 1. The number of benzene rings is 1. The van der Waals surface area contributed by atoms with Gasteiger partial charge < -0.3 is 10.1 Å². The average Bonchev–Trinajstić information content (AvgIpc) is 2.59. The number of fused-ring (bicyclic) bond motifs is 1. The minimum atomic E-state index is -2.86. The van der Waals surface area contributed by atoms with Crippen LogP contribution in [0.1, 0.15) is 23.4 Å². The lowest BCUT2D eigenvalue weighted by Crippen LogP contribution is -2.07. The molecular weight excluding hydrogens is 333 g/mol. The molecule has 3 rings (SSSR count). The molecule has 3 aromatic rings. The summed E-state index contributed by atoms with van der Waals surface area (Å²) in [6.45, 7) is 1.72. The van der Waals surface area contributed by atoms with Gasteiger partial charge in [0.2, 0.25) is 5.88 Å². The Bertz CT molecular complexity index is 918. The van der Waals surface area contributed by atoms with Crippen molar-refractivity contribution >= 4 is 16.7 Å². The lowest BCUT2D eigenvalue weighted by Gasteiger charge is -2.12. The van der Waals surface area contributed by atoms with E-state index < -0.39 is 17.8 Å². The number of anilines is 1. The highest BCUT2D eigenvalue weighted by Gasteiger charge is 2.16. The number of rotatable bonds is 5. The second-order valence-electron chi connectivity index (χ2n) is 5.34. The van der Waals surface area contributed by atoms with Crippen molar-refractivity contribution in [3.8, 4) is 5.88 Å². The molecule has 0 saturated heterocycles. The van der Waals surface area contributed by atoms with Gasteiger partial charge in [-0.2, -0.15) is 0 Å². The highest BCUT2D eigenvalue weighted by Crippen LogP contribution is 2.26. The van der Waals surface area contributed by atoms with Gasteiger partial charge in [0, 0.05) is 23.6 Å².